The van der Waals surface area contributed by atoms with Gasteiger partial charge in [-0.3, -0.25) is 0 Å². The van der Waals surface area contributed by atoms with E-state index in [2.05, 4.69) is 62.8 Å². The second kappa shape index (κ2) is 6.01. The molecule has 0 fully saturated rings. The van der Waals surface area contributed by atoms with Gasteiger partial charge in [0, 0.05) is 19.0 Å². The van der Waals surface area contributed by atoms with Crippen molar-refractivity contribution in [2.75, 3.05) is 11.9 Å². The van der Waals surface area contributed by atoms with E-state index in [9.17, 15) is 0 Å². The fraction of sp³-hybridized carbons (Fsp3) is 0.235. The molecule has 0 saturated carbocycles. The zero-order valence-electron chi connectivity index (χ0n) is 12.5. The summed E-state index contributed by atoms with van der Waals surface area (Å²) in [5.74, 6) is 0.897. The number of hydrogen-bond donors (Lipinski definition) is 1. The van der Waals surface area contributed by atoms with E-state index in [1.54, 1.807) is 6.33 Å². The lowest BCUT2D eigenvalue weighted by Gasteiger charge is -2.09. The van der Waals surface area contributed by atoms with Gasteiger partial charge in [-0.25, -0.2) is 4.98 Å². The van der Waals surface area contributed by atoms with E-state index in [1.807, 2.05) is 4.57 Å². The average molecular weight is 326 g/mol. The first-order valence-corrected chi connectivity index (χ1v) is 8.00. The smallest absolute Gasteiger partial charge is 0.226 e. The lowest BCUT2D eigenvalue weighted by molar-refractivity contribution is 0.630. The van der Waals surface area contributed by atoms with Gasteiger partial charge < -0.3 is 9.88 Å². The minimum Gasteiger partial charge on any atom is -0.350 e. The molecule has 0 aliphatic heterocycles. The molecule has 0 spiro atoms. The van der Waals surface area contributed by atoms with Crippen molar-refractivity contribution >= 4 is 28.7 Å². The highest BCUT2D eigenvalue weighted by Gasteiger charge is 2.14. The van der Waals surface area contributed by atoms with Gasteiger partial charge in [0.15, 0.2) is 10.8 Å². The summed E-state index contributed by atoms with van der Waals surface area (Å²) in [4.78, 5) is 13.2. The van der Waals surface area contributed by atoms with Crippen LogP contribution in [0, 0.1) is 5.92 Å². The summed E-state index contributed by atoms with van der Waals surface area (Å²) in [5, 5.41) is 3.61. The molecule has 0 atom stereocenters. The quantitative estimate of drug-likeness (QED) is 0.855. The number of aromatic nitrogens is 4. The third kappa shape index (κ3) is 2.92. The molecule has 4 rings (SSSR count). The number of allylic oxidation sites excluding steroid dienone is 6. The molecule has 1 N–H and O–H groups in total. The molecule has 6 heteroatoms. The van der Waals surface area contributed by atoms with E-state index in [4.69, 9.17) is 11.6 Å². The van der Waals surface area contributed by atoms with E-state index < -0.39 is 0 Å². The Morgan fingerprint density at radius 1 is 1.26 bits per heavy atom. The van der Waals surface area contributed by atoms with E-state index >= 15 is 0 Å². The number of imidazole rings is 1. The lowest BCUT2D eigenvalue weighted by atomic mass is 10.2. The summed E-state index contributed by atoms with van der Waals surface area (Å²) in [6, 6.07) is 0. The first kappa shape index (κ1) is 14.2. The van der Waals surface area contributed by atoms with E-state index in [0.717, 1.165) is 18.6 Å². The molecule has 2 heterocycles. The molecule has 2 aliphatic rings. The number of anilines is 1. The molecule has 0 unspecified atom stereocenters. The third-order valence-electron chi connectivity index (χ3n) is 3.96. The molecular formula is C17H16ClN5. The average Bonchev–Trinajstić information content (AvgIpc) is 3.28. The number of halogens is 1. The Morgan fingerprint density at radius 3 is 2.91 bits per heavy atom. The molecule has 5 nitrogen and oxygen atoms in total. The summed E-state index contributed by atoms with van der Waals surface area (Å²) in [6.45, 7) is 1.49. The maximum Gasteiger partial charge on any atom is 0.226 e. The fourth-order valence-electron chi connectivity index (χ4n) is 2.77. The molecule has 2 aromatic heterocycles. The Kier molecular flexibility index (Phi) is 3.71. The number of hydrogen-bond acceptors (Lipinski definition) is 4. The number of nitrogens with one attached hydrogen (secondary N) is 1. The molecule has 0 bridgehead atoms. The molecule has 23 heavy (non-hydrogen) atoms. The topological polar surface area (TPSA) is 55.6 Å². The van der Waals surface area contributed by atoms with Crippen molar-refractivity contribution in [2.24, 2.45) is 5.92 Å². The lowest BCUT2D eigenvalue weighted by Crippen LogP contribution is -2.09. The monoisotopic (exact) mass is 325 g/mol. The molecular weight excluding hydrogens is 310 g/mol. The summed E-state index contributed by atoms with van der Waals surface area (Å²) in [5.41, 5.74) is 2.64. The fourth-order valence-corrected chi connectivity index (χ4v) is 2.98. The summed E-state index contributed by atoms with van der Waals surface area (Å²) < 4.78 is 2.02. The van der Waals surface area contributed by atoms with Gasteiger partial charge in [-0.2, -0.15) is 9.97 Å². The van der Waals surface area contributed by atoms with Crippen LogP contribution in [0.25, 0.3) is 11.2 Å². The SMILES string of the molecule is Clc1nc(NCC2=CCC=C2)nc2c1ncn2CC1C=CC=C1. The highest BCUT2D eigenvalue weighted by Crippen LogP contribution is 2.23. The number of rotatable bonds is 5. The zero-order chi connectivity index (χ0) is 15.6. The minimum absolute atomic E-state index is 0.367. The van der Waals surface area contributed by atoms with Crippen molar-refractivity contribution < 1.29 is 0 Å². The van der Waals surface area contributed by atoms with Crippen LogP contribution in [-0.2, 0) is 6.54 Å². The number of fused-ring (bicyclic) bond motifs is 1. The first-order chi connectivity index (χ1) is 11.3. The highest BCUT2D eigenvalue weighted by molar-refractivity contribution is 6.33. The Bertz CT molecular complexity index is 847. The van der Waals surface area contributed by atoms with Crippen molar-refractivity contribution in [1.29, 1.82) is 0 Å². The second-order valence-electron chi connectivity index (χ2n) is 5.61. The largest absolute Gasteiger partial charge is 0.350 e. The minimum atomic E-state index is 0.367. The van der Waals surface area contributed by atoms with Gasteiger partial charge in [0.25, 0.3) is 0 Å². The molecule has 2 aromatic rings. The van der Waals surface area contributed by atoms with E-state index in [0.29, 0.717) is 29.1 Å². The van der Waals surface area contributed by atoms with Gasteiger partial charge in [-0.1, -0.05) is 54.1 Å². The first-order valence-electron chi connectivity index (χ1n) is 7.62. The van der Waals surface area contributed by atoms with Crippen molar-refractivity contribution in [3.63, 3.8) is 0 Å². The van der Waals surface area contributed by atoms with Crippen LogP contribution in [0.5, 0.6) is 0 Å². The molecule has 0 amide bonds. The van der Waals surface area contributed by atoms with Gasteiger partial charge in [0.1, 0.15) is 5.52 Å². The van der Waals surface area contributed by atoms with Gasteiger partial charge in [-0.15, -0.1) is 0 Å². The van der Waals surface area contributed by atoms with Crippen LogP contribution >= 0.6 is 11.6 Å². The van der Waals surface area contributed by atoms with Crippen LogP contribution in [-0.4, -0.2) is 26.1 Å². The van der Waals surface area contributed by atoms with Crippen molar-refractivity contribution in [3.8, 4) is 0 Å². The predicted molar refractivity (Wildman–Crippen MR) is 92.4 cm³/mol. The molecule has 0 saturated heterocycles. The molecule has 2 aliphatic carbocycles. The summed E-state index contributed by atoms with van der Waals surface area (Å²) >= 11 is 6.26. The van der Waals surface area contributed by atoms with Crippen molar-refractivity contribution in [2.45, 2.75) is 13.0 Å². The van der Waals surface area contributed by atoms with Crippen molar-refractivity contribution in [3.05, 3.63) is 59.6 Å². The molecule has 116 valence electrons. The Labute approximate surface area is 139 Å². The maximum absolute atomic E-state index is 6.26. The van der Waals surface area contributed by atoms with Gasteiger partial charge in [0.05, 0.1) is 6.33 Å². The normalized spacial score (nSPS) is 16.7. The van der Waals surface area contributed by atoms with Gasteiger partial charge in [-0.05, 0) is 12.0 Å². The van der Waals surface area contributed by atoms with Crippen LogP contribution in [0.3, 0.4) is 0 Å². The summed E-state index contributed by atoms with van der Waals surface area (Å²) in [6.07, 6.45) is 17.6. The Morgan fingerprint density at radius 2 is 2.13 bits per heavy atom. The van der Waals surface area contributed by atoms with Gasteiger partial charge >= 0.3 is 0 Å². The Balaban J connectivity index is 1.60. The van der Waals surface area contributed by atoms with Crippen LogP contribution in [0.1, 0.15) is 6.42 Å². The summed E-state index contributed by atoms with van der Waals surface area (Å²) in [7, 11) is 0. The highest BCUT2D eigenvalue weighted by atomic mass is 35.5. The molecule has 0 radical (unpaired) electrons. The van der Waals surface area contributed by atoms with Crippen LogP contribution in [0.2, 0.25) is 5.15 Å². The van der Waals surface area contributed by atoms with Crippen LogP contribution in [0.4, 0.5) is 5.95 Å². The zero-order valence-corrected chi connectivity index (χ0v) is 13.2. The predicted octanol–water partition coefficient (Wildman–Crippen LogP) is 3.52. The van der Waals surface area contributed by atoms with Gasteiger partial charge in [0.2, 0.25) is 5.95 Å². The van der Waals surface area contributed by atoms with E-state index in [-0.39, 0.29) is 0 Å². The second-order valence-corrected chi connectivity index (χ2v) is 5.97. The van der Waals surface area contributed by atoms with E-state index in [1.165, 1.54) is 5.57 Å². The van der Waals surface area contributed by atoms with Crippen molar-refractivity contribution in [1.82, 2.24) is 19.5 Å². The van der Waals surface area contributed by atoms with Crippen LogP contribution in [0.15, 0.2) is 54.4 Å². The third-order valence-corrected chi connectivity index (χ3v) is 4.22. The molecule has 0 aromatic carbocycles. The maximum atomic E-state index is 6.26. The van der Waals surface area contributed by atoms with Crippen LogP contribution < -0.4 is 5.32 Å². The Hall–Kier alpha value is -2.40. The standard InChI is InChI=1S/C17H16ClN5/c18-15-14-16(23(11-20-14)10-13-7-3-4-8-13)22-17(21-15)19-9-12-5-1-2-6-12/h1,3-8,11,13H,2,9-10H2,(H,19,21,22). The number of nitrogens with zero attached hydrogens (tertiary/aromatic N) is 4.